The third kappa shape index (κ3) is 13.6. The molecule has 3 aromatic rings. The van der Waals surface area contributed by atoms with Crippen molar-refractivity contribution in [3.8, 4) is 0 Å². The first-order valence-electron chi connectivity index (χ1n) is 14.5. The molecule has 8 N–H and O–H groups in total. The summed E-state index contributed by atoms with van der Waals surface area (Å²) in [5, 5.41) is 28.4. The van der Waals surface area contributed by atoms with Crippen LogP contribution in [0.1, 0.15) is 54.8 Å². The van der Waals surface area contributed by atoms with Crippen molar-refractivity contribution in [3.05, 3.63) is 100.0 Å². The molecule has 0 aliphatic carbocycles. The summed E-state index contributed by atoms with van der Waals surface area (Å²) in [5.74, 6) is 0.311. The van der Waals surface area contributed by atoms with E-state index in [1.807, 2.05) is 54.6 Å². The third-order valence-electron chi connectivity index (χ3n) is 6.33. The minimum Gasteiger partial charge on any atom is -0.402 e. The number of aliphatic hydroxyl groups excluding tert-OH is 1. The molecule has 230 valence electrons. The number of allylic oxidation sites excluding steroid dienone is 3. The Hall–Kier alpha value is -4.06. The molecule has 0 fully saturated rings. The Morgan fingerprint density at radius 3 is 2.42 bits per heavy atom. The van der Waals surface area contributed by atoms with E-state index in [0.717, 1.165) is 47.5 Å². The summed E-state index contributed by atoms with van der Waals surface area (Å²) < 4.78 is 0. The number of carbonyl (C=O) groups is 2. The maximum atomic E-state index is 12.5. The van der Waals surface area contributed by atoms with E-state index in [1.165, 1.54) is 11.3 Å². The summed E-state index contributed by atoms with van der Waals surface area (Å²) in [6, 6.07) is 17.2. The molecule has 0 spiro atoms. The highest BCUT2D eigenvalue weighted by atomic mass is 32.1. The molecule has 1 aromatic heterocycles. The van der Waals surface area contributed by atoms with E-state index in [0.29, 0.717) is 36.0 Å². The third-order valence-corrected chi connectivity index (χ3v) is 7.23. The topological polar surface area (TPSA) is 168 Å². The summed E-state index contributed by atoms with van der Waals surface area (Å²) in [4.78, 5) is 24.7. The van der Waals surface area contributed by atoms with Crippen LogP contribution in [0.2, 0.25) is 0 Å². The van der Waals surface area contributed by atoms with Gasteiger partial charge in [0.1, 0.15) is 17.1 Å². The fraction of sp³-hybridized carbons (Fsp3) is 0.375. The summed E-state index contributed by atoms with van der Waals surface area (Å²) >= 11 is 1.38. The molecule has 0 aliphatic heterocycles. The second kappa shape index (κ2) is 17.8. The number of rotatable bonds is 17. The zero-order valence-electron chi connectivity index (χ0n) is 24.9. The molecule has 43 heavy (non-hydrogen) atoms. The Balaban J connectivity index is 1.34. The maximum Gasteiger partial charge on any atom is 0.230 e. The number of hydrogen-bond donors (Lipinski definition) is 6. The average molecular weight is 606 g/mol. The van der Waals surface area contributed by atoms with Gasteiger partial charge >= 0.3 is 0 Å². The van der Waals surface area contributed by atoms with Gasteiger partial charge in [0, 0.05) is 18.5 Å². The Labute approximate surface area is 257 Å². The molecule has 0 saturated carbocycles. The van der Waals surface area contributed by atoms with Crippen LogP contribution in [-0.4, -0.2) is 39.9 Å². The zero-order valence-corrected chi connectivity index (χ0v) is 25.7. The van der Waals surface area contributed by atoms with E-state index in [9.17, 15) is 14.7 Å². The number of benzene rings is 2. The number of anilines is 1. The lowest BCUT2D eigenvalue weighted by atomic mass is 10.0. The molecule has 3 rings (SSSR count). The Kier molecular flexibility index (Phi) is 13.8. The predicted molar refractivity (Wildman–Crippen MR) is 172 cm³/mol. The van der Waals surface area contributed by atoms with Gasteiger partial charge in [-0.15, -0.1) is 10.2 Å². The molecule has 1 unspecified atom stereocenters. The summed E-state index contributed by atoms with van der Waals surface area (Å²) in [5.41, 5.74) is 15.5. The molecular formula is C32H43N7O3S. The highest BCUT2D eigenvalue weighted by molar-refractivity contribution is 7.15. The van der Waals surface area contributed by atoms with E-state index in [-0.39, 0.29) is 24.1 Å². The monoisotopic (exact) mass is 605 g/mol. The lowest BCUT2D eigenvalue weighted by Gasteiger charge is -2.15. The molecule has 0 bridgehead atoms. The number of aryl methyl sites for hydroxylation is 1. The second-order valence-electron chi connectivity index (χ2n) is 10.8. The van der Waals surface area contributed by atoms with Crippen LogP contribution >= 0.6 is 11.3 Å². The van der Waals surface area contributed by atoms with Crippen molar-refractivity contribution < 1.29 is 14.7 Å². The highest BCUT2D eigenvalue weighted by Crippen LogP contribution is 2.18. The van der Waals surface area contributed by atoms with Crippen LogP contribution in [0.4, 0.5) is 5.13 Å². The SMILES string of the molecule is CC(C)CNC(O)Cc1cccc(CC(=O)N/C(N)=C/C=C(\N)CCCCc2nnc(NC(=O)Cc3ccccc3)s2)c1. The Morgan fingerprint density at radius 2 is 1.65 bits per heavy atom. The minimum atomic E-state index is -0.635. The van der Waals surface area contributed by atoms with Gasteiger partial charge < -0.3 is 27.2 Å². The molecule has 2 amide bonds. The first-order chi connectivity index (χ1) is 20.7. The molecule has 0 saturated heterocycles. The van der Waals surface area contributed by atoms with E-state index in [1.54, 1.807) is 12.2 Å². The minimum absolute atomic E-state index is 0.119. The van der Waals surface area contributed by atoms with Crippen LogP contribution in [-0.2, 0) is 35.3 Å². The molecule has 1 atom stereocenters. The van der Waals surface area contributed by atoms with Crippen molar-refractivity contribution in [1.29, 1.82) is 0 Å². The molecular weight excluding hydrogens is 562 g/mol. The fourth-order valence-corrected chi connectivity index (χ4v) is 5.00. The van der Waals surface area contributed by atoms with Crippen LogP contribution in [0, 0.1) is 5.92 Å². The van der Waals surface area contributed by atoms with E-state index in [2.05, 4.69) is 40.0 Å². The summed E-state index contributed by atoms with van der Waals surface area (Å²) in [6.07, 6.45) is 6.69. The van der Waals surface area contributed by atoms with Crippen molar-refractivity contribution in [2.75, 3.05) is 11.9 Å². The molecule has 10 nitrogen and oxygen atoms in total. The first kappa shape index (κ1) is 33.4. The van der Waals surface area contributed by atoms with Crippen LogP contribution in [0.25, 0.3) is 0 Å². The highest BCUT2D eigenvalue weighted by Gasteiger charge is 2.10. The second-order valence-corrected chi connectivity index (χ2v) is 11.9. The number of amides is 2. The van der Waals surface area contributed by atoms with Crippen molar-refractivity contribution in [1.82, 2.24) is 20.8 Å². The Morgan fingerprint density at radius 1 is 0.930 bits per heavy atom. The van der Waals surface area contributed by atoms with Crippen LogP contribution in [0.15, 0.2) is 78.3 Å². The van der Waals surface area contributed by atoms with Gasteiger partial charge in [0.25, 0.3) is 0 Å². The standard InChI is InChI=1S/C32H43N7O3S/c1-22(2)21-35-28(40)19-24-11-8-12-25(17-24)20-29(41)36-27(34)16-15-26(33)13-6-7-14-31-38-39-32(43-31)37-30(42)18-23-9-4-3-5-10-23/h3-5,8-12,15-17,22,28,35,40H,6-7,13-14,18-21,33-34H2,1-2H3,(H,36,41)(H,37,39,42)/b26-15-,27-16+. The average Bonchev–Trinajstić information content (AvgIpc) is 3.40. The number of aliphatic hydroxyl groups is 1. The smallest absolute Gasteiger partial charge is 0.230 e. The van der Waals surface area contributed by atoms with Crippen LogP contribution in [0.3, 0.4) is 0 Å². The van der Waals surface area contributed by atoms with Gasteiger partial charge in [-0.05, 0) is 60.6 Å². The van der Waals surface area contributed by atoms with Crippen molar-refractivity contribution in [2.24, 2.45) is 17.4 Å². The summed E-state index contributed by atoms with van der Waals surface area (Å²) in [6.45, 7) is 4.90. The van der Waals surface area contributed by atoms with E-state index < -0.39 is 6.23 Å². The fourth-order valence-electron chi connectivity index (χ4n) is 4.20. The van der Waals surface area contributed by atoms with Crippen molar-refractivity contribution in [2.45, 2.75) is 65.0 Å². The van der Waals surface area contributed by atoms with Gasteiger partial charge in [0.05, 0.1) is 12.8 Å². The Bertz CT molecular complexity index is 1370. The predicted octanol–water partition coefficient (Wildman–Crippen LogP) is 3.54. The molecule has 1 heterocycles. The van der Waals surface area contributed by atoms with Gasteiger partial charge in [0.15, 0.2) is 0 Å². The van der Waals surface area contributed by atoms with Gasteiger partial charge in [-0.2, -0.15) is 0 Å². The van der Waals surface area contributed by atoms with Gasteiger partial charge in [-0.25, -0.2) is 0 Å². The zero-order chi connectivity index (χ0) is 31.0. The summed E-state index contributed by atoms with van der Waals surface area (Å²) in [7, 11) is 0. The number of aromatic nitrogens is 2. The lowest BCUT2D eigenvalue weighted by molar-refractivity contribution is -0.119. The lowest BCUT2D eigenvalue weighted by Crippen LogP contribution is -2.33. The molecule has 2 aromatic carbocycles. The normalized spacial score (nSPS) is 12.7. The first-order valence-corrected chi connectivity index (χ1v) is 15.3. The van der Waals surface area contributed by atoms with Crippen molar-refractivity contribution in [3.63, 3.8) is 0 Å². The van der Waals surface area contributed by atoms with Gasteiger partial charge in [-0.1, -0.05) is 79.8 Å². The largest absolute Gasteiger partial charge is 0.402 e. The van der Waals surface area contributed by atoms with Gasteiger partial charge in [-0.3, -0.25) is 14.9 Å². The number of nitrogens with zero attached hydrogens (tertiary/aromatic N) is 2. The van der Waals surface area contributed by atoms with Crippen molar-refractivity contribution >= 4 is 28.3 Å². The van der Waals surface area contributed by atoms with E-state index >= 15 is 0 Å². The van der Waals surface area contributed by atoms with Crippen LogP contribution in [0.5, 0.6) is 0 Å². The number of unbranched alkanes of at least 4 members (excludes halogenated alkanes) is 1. The number of hydrogen-bond acceptors (Lipinski definition) is 9. The molecule has 0 radical (unpaired) electrons. The number of nitrogens with one attached hydrogen (secondary N) is 3. The quantitative estimate of drug-likeness (QED) is 0.0771. The van der Waals surface area contributed by atoms with Gasteiger partial charge in [0.2, 0.25) is 16.9 Å². The van der Waals surface area contributed by atoms with Crippen LogP contribution < -0.4 is 27.4 Å². The maximum absolute atomic E-state index is 12.5. The number of carbonyl (C=O) groups excluding carboxylic acids is 2. The molecule has 0 aliphatic rings. The number of nitrogens with two attached hydrogens (primary N) is 2. The molecule has 11 heteroatoms. The van der Waals surface area contributed by atoms with E-state index in [4.69, 9.17) is 11.5 Å².